The van der Waals surface area contributed by atoms with Crippen LogP contribution in [0.4, 0.5) is 10.8 Å². The summed E-state index contributed by atoms with van der Waals surface area (Å²) in [5.41, 5.74) is 8.19. The van der Waals surface area contributed by atoms with E-state index in [9.17, 15) is 9.59 Å². The molecule has 2 amide bonds. The van der Waals surface area contributed by atoms with Gasteiger partial charge in [0, 0.05) is 36.9 Å². The number of amides is 2. The Hall–Kier alpha value is -2.72. The Morgan fingerprint density at radius 2 is 2.06 bits per heavy atom. The zero-order valence-electron chi connectivity index (χ0n) is 18.2. The van der Waals surface area contributed by atoms with Crippen LogP contribution < -0.4 is 10.6 Å². The van der Waals surface area contributed by atoms with E-state index in [2.05, 4.69) is 17.1 Å². The molecule has 0 unspecified atom stereocenters. The molecule has 2 aromatic heterocycles. The molecule has 0 aliphatic heterocycles. The maximum atomic E-state index is 12.5. The van der Waals surface area contributed by atoms with E-state index in [1.54, 1.807) is 11.8 Å². The fourth-order valence-corrected chi connectivity index (χ4v) is 5.37. The van der Waals surface area contributed by atoms with Crippen LogP contribution in [0.2, 0.25) is 0 Å². The number of hydrogen-bond acceptors (Lipinski definition) is 7. The van der Waals surface area contributed by atoms with Gasteiger partial charge in [0.2, 0.25) is 11.8 Å². The summed E-state index contributed by atoms with van der Waals surface area (Å²) < 4.78 is 2.01. The molecule has 168 valence electrons. The lowest BCUT2D eigenvalue weighted by Crippen LogP contribution is -2.23. The van der Waals surface area contributed by atoms with Gasteiger partial charge in [-0.15, -0.1) is 21.5 Å². The Morgan fingerprint density at radius 3 is 2.75 bits per heavy atom. The highest BCUT2D eigenvalue weighted by Crippen LogP contribution is 2.40. The van der Waals surface area contributed by atoms with E-state index in [0.29, 0.717) is 23.3 Å². The highest BCUT2D eigenvalue weighted by Gasteiger charge is 2.30. The quantitative estimate of drug-likeness (QED) is 0.448. The lowest BCUT2D eigenvalue weighted by atomic mass is 10.1. The molecule has 0 bridgehead atoms. The maximum absolute atomic E-state index is 12.5. The molecule has 0 atom stereocenters. The van der Waals surface area contributed by atoms with E-state index in [1.807, 2.05) is 34.2 Å². The van der Waals surface area contributed by atoms with Crippen molar-refractivity contribution < 1.29 is 9.59 Å². The van der Waals surface area contributed by atoms with Crippen molar-refractivity contribution in [3.05, 3.63) is 46.7 Å². The van der Waals surface area contributed by atoms with Crippen molar-refractivity contribution >= 4 is 45.7 Å². The number of carbonyl (C=O) groups is 2. The Labute approximate surface area is 195 Å². The Bertz CT molecular complexity index is 1120. The summed E-state index contributed by atoms with van der Waals surface area (Å²) in [4.78, 5) is 30.2. The SMILES string of the molecule is CCc1ccccc1N(C(C)=O)c1nc(CSc2nnc(C3CC3)n2CCC(N)=O)cs1. The lowest BCUT2D eigenvalue weighted by molar-refractivity contribution is -0.118. The predicted molar refractivity (Wildman–Crippen MR) is 126 cm³/mol. The zero-order chi connectivity index (χ0) is 22.7. The number of benzene rings is 1. The van der Waals surface area contributed by atoms with E-state index in [-0.39, 0.29) is 18.2 Å². The van der Waals surface area contributed by atoms with Gasteiger partial charge in [0.25, 0.3) is 0 Å². The number of aromatic nitrogens is 4. The molecule has 4 rings (SSSR count). The van der Waals surface area contributed by atoms with Crippen LogP contribution in [0.5, 0.6) is 0 Å². The van der Waals surface area contributed by atoms with Crippen LogP contribution in [-0.4, -0.2) is 31.6 Å². The molecule has 1 saturated carbocycles. The van der Waals surface area contributed by atoms with Crippen LogP contribution >= 0.6 is 23.1 Å². The number of para-hydroxylation sites is 1. The van der Waals surface area contributed by atoms with E-state index in [1.165, 1.54) is 23.1 Å². The second-order valence-corrected chi connectivity index (χ2v) is 9.51. The van der Waals surface area contributed by atoms with Gasteiger partial charge in [0.05, 0.1) is 11.4 Å². The molecule has 10 heteroatoms. The summed E-state index contributed by atoms with van der Waals surface area (Å²) in [6.45, 7) is 4.12. The number of thioether (sulfide) groups is 1. The molecule has 1 aliphatic carbocycles. The monoisotopic (exact) mass is 470 g/mol. The van der Waals surface area contributed by atoms with Crippen molar-refractivity contribution in [3.63, 3.8) is 0 Å². The Morgan fingerprint density at radius 1 is 1.28 bits per heavy atom. The molecule has 0 radical (unpaired) electrons. The molecule has 2 N–H and O–H groups in total. The highest BCUT2D eigenvalue weighted by molar-refractivity contribution is 7.98. The number of rotatable bonds is 10. The van der Waals surface area contributed by atoms with Crippen LogP contribution in [0.15, 0.2) is 34.8 Å². The van der Waals surface area contributed by atoms with E-state index >= 15 is 0 Å². The average molecular weight is 471 g/mol. The van der Waals surface area contributed by atoms with Crippen molar-refractivity contribution in [2.24, 2.45) is 5.73 Å². The molecule has 2 heterocycles. The van der Waals surface area contributed by atoms with Gasteiger partial charge >= 0.3 is 0 Å². The minimum atomic E-state index is -0.336. The standard InChI is InChI=1S/C22H26N6O2S2/c1-3-15-6-4-5-7-18(15)28(14(2)29)21-24-17(12-31-21)13-32-22-26-25-20(16-8-9-16)27(22)11-10-19(23)30/h4-7,12,16H,3,8-11,13H2,1-2H3,(H2,23,30). The first-order valence-corrected chi connectivity index (χ1v) is 12.5. The van der Waals surface area contributed by atoms with Gasteiger partial charge in [-0.3, -0.25) is 14.5 Å². The molecule has 1 aliphatic rings. The van der Waals surface area contributed by atoms with Crippen molar-refractivity contribution in [2.45, 2.75) is 62.9 Å². The first-order valence-electron chi connectivity index (χ1n) is 10.6. The van der Waals surface area contributed by atoms with Crippen molar-refractivity contribution in [1.29, 1.82) is 0 Å². The predicted octanol–water partition coefficient (Wildman–Crippen LogP) is 4.03. The highest BCUT2D eigenvalue weighted by atomic mass is 32.2. The van der Waals surface area contributed by atoms with Gasteiger partial charge < -0.3 is 10.3 Å². The third-order valence-electron chi connectivity index (χ3n) is 5.28. The Kier molecular flexibility index (Phi) is 6.90. The third-order valence-corrected chi connectivity index (χ3v) is 7.15. The number of anilines is 2. The van der Waals surface area contributed by atoms with Gasteiger partial charge in [-0.1, -0.05) is 36.9 Å². The molecule has 3 aromatic rings. The van der Waals surface area contributed by atoms with Crippen LogP contribution in [0.25, 0.3) is 0 Å². The summed E-state index contributed by atoms with van der Waals surface area (Å²) in [7, 11) is 0. The smallest absolute Gasteiger partial charge is 0.230 e. The number of carbonyl (C=O) groups excluding carboxylic acids is 2. The van der Waals surface area contributed by atoms with E-state index in [4.69, 9.17) is 10.7 Å². The van der Waals surface area contributed by atoms with Crippen molar-refractivity contribution in [3.8, 4) is 0 Å². The molecular weight excluding hydrogens is 444 g/mol. The minimum absolute atomic E-state index is 0.0697. The number of aryl methyl sites for hydroxylation is 1. The second-order valence-electron chi connectivity index (χ2n) is 7.73. The van der Waals surface area contributed by atoms with Crippen molar-refractivity contribution in [1.82, 2.24) is 19.7 Å². The zero-order valence-corrected chi connectivity index (χ0v) is 19.8. The average Bonchev–Trinajstić information content (AvgIpc) is 3.37. The van der Waals surface area contributed by atoms with Crippen LogP contribution in [0.1, 0.15) is 56.1 Å². The second kappa shape index (κ2) is 9.83. The number of nitrogens with zero attached hydrogens (tertiary/aromatic N) is 5. The summed E-state index contributed by atoms with van der Waals surface area (Å²) in [5.74, 6) is 1.55. The first-order chi connectivity index (χ1) is 15.5. The van der Waals surface area contributed by atoms with Gasteiger partial charge in [0.15, 0.2) is 10.3 Å². The fraction of sp³-hybridized carbons (Fsp3) is 0.409. The molecule has 8 nitrogen and oxygen atoms in total. The lowest BCUT2D eigenvalue weighted by Gasteiger charge is -2.20. The largest absolute Gasteiger partial charge is 0.370 e. The first kappa shape index (κ1) is 22.5. The summed E-state index contributed by atoms with van der Waals surface area (Å²) in [6.07, 6.45) is 3.30. The van der Waals surface area contributed by atoms with Gasteiger partial charge in [0.1, 0.15) is 5.82 Å². The summed E-state index contributed by atoms with van der Waals surface area (Å²) in [6, 6.07) is 7.91. The summed E-state index contributed by atoms with van der Waals surface area (Å²) in [5, 5.41) is 12.1. The molecule has 1 fully saturated rings. The molecule has 1 aromatic carbocycles. The van der Waals surface area contributed by atoms with Crippen LogP contribution in [0.3, 0.4) is 0 Å². The number of thiazole rings is 1. The number of hydrogen-bond donors (Lipinski definition) is 1. The van der Waals surface area contributed by atoms with E-state index in [0.717, 1.165) is 47.2 Å². The molecular formula is C22H26N6O2S2. The van der Waals surface area contributed by atoms with Gasteiger partial charge in [-0.05, 0) is 30.9 Å². The van der Waals surface area contributed by atoms with E-state index < -0.39 is 0 Å². The minimum Gasteiger partial charge on any atom is -0.370 e. The fourth-order valence-electron chi connectivity index (χ4n) is 3.52. The number of primary amides is 1. The molecule has 0 spiro atoms. The van der Waals surface area contributed by atoms with Crippen molar-refractivity contribution in [2.75, 3.05) is 4.90 Å². The summed E-state index contributed by atoms with van der Waals surface area (Å²) >= 11 is 2.98. The normalized spacial score (nSPS) is 13.3. The Balaban J connectivity index is 1.51. The van der Waals surface area contributed by atoms with Crippen LogP contribution in [0, 0.1) is 0 Å². The molecule has 0 saturated heterocycles. The van der Waals surface area contributed by atoms with Crippen LogP contribution in [-0.2, 0) is 28.3 Å². The third kappa shape index (κ3) is 5.02. The topological polar surface area (TPSA) is 107 Å². The van der Waals surface area contributed by atoms with Gasteiger partial charge in [-0.2, -0.15) is 0 Å². The van der Waals surface area contributed by atoms with Gasteiger partial charge in [-0.25, -0.2) is 4.98 Å². The maximum Gasteiger partial charge on any atom is 0.230 e. The molecule has 32 heavy (non-hydrogen) atoms. The number of nitrogens with two attached hydrogens (primary N) is 1.